The lowest BCUT2D eigenvalue weighted by Gasteiger charge is -2.37. The normalized spacial score (nSPS) is 20.8. The van der Waals surface area contributed by atoms with Crippen LogP contribution in [0.3, 0.4) is 0 Å². The van der Waals surface area contributed by atoms with Gasteiger partial charge in [0.05, 0.1) is 12.7 Å². The van der Waals surface area contributed by atoms with E-state index in [1.807, 2.05) is 5.38 Å². The third-order valence-corrected chi connectivity index (χ3v) is 8.02. The molecular weight excluding hydrogens is 515 g/mol. The van der Waals surface area contributed by atoms with E-state index in [9.17, 15) is 19.1 Å². The Hall–Kier alpha value is -2.47. The zero-order valence-electron chi connectivity index (χ0n) is 18.9. The Morgan fingerprint density at radius 1 is 1.40 bits per heavy atom. The van der Waals surface area contributed by atoms with Crippen LogP contribution < -0.4 is 5.32 Å². The summed E-state index contributed by atoms with van der Waals surface area (Å²) in [4.78, 5) is 35.5. The molecule has 2 aliphatic rings. The predicted octanol–water partition coefficient (Wildman–Crippen LogP) is 3.74. The lowest BCUT2D eigenvalue weighted by atomic mass is 9.95. The van der Waals surface area contributed by atoms with Gasteiger partial charge in [0.15, 0.2) is 10.8 Å². The molecule has 2 atom stereocenters. The first-order valence-electron chi connectivity index (χ1n) is 10.9. The highest BCUT2D eigenvalue weighted by molar-refractivity contribution is 7.99. The summed E-state index contributed by atoms with van der Waals surface area (Å²) in [5, 5.41) is 15.1. The molecule has 1 aromatic carbocycles. The smallest absolute Gasteiger partial charge is 0.338 e. The van der Waals surface area contributed by atoms with Crippen molar-refractivity contribution in [3.05, 3.63) is 62.5 Å². The topological polar surface area (TPSA) is 104 Å². The maximum atomic E-state index is 13.8. The van der Waals surface area contributed by atoms with Crippen LogP contribution in [0.4, 0.5) is 4.39 Å². The fraction of sp³-hybridized carbons (Fsp3) is 0.391. The van der Waals surface area contributed by atoms with Gasteiger partial charge < -0.3 is 15.2 Å². The Balaban J connectivity index is 1.76. The number of aromatic nitrogens is 1. The highest BCUT2D eigenvalue weighted by Crippen LogP contribution is 2.37. The van der Waals surface area contributed by atoms with Crippen molar-refractivity contribution in [2.24, 2.45) is 4.99 Å². The number of hydrogen-bond donors (Lipinski definition) is 2. The van der Waals surface area contributed by atoms with Gasteiger partial charge in [0, 0.05) is 64.9 Å². The maximum absolute atomic E-state index is 13.8. The molecule has 8 nitrogen and oxygen atoms in total. The minimum Gasteiger partial charge on any atom is -0.481 e. The number of carboxylic acids is 1. The second-order valence-corrected chi connectivity index (χ2v) is 10.5. The van der Waals surface area contributed by atoms with Crippen LogP contribution in [0, 0.1) is 5.82 Å². The molecule has 0 spiro atoms. The average molecular weight is 539 g/mol. The van der Waals surface area contributed by atoms with Gasteiger partial charge in [0.2, 0.25) is 0 Å². The van der Waals surface area contributed by atoms with Gasteiger partial charge in [-0.15, -0.1) is 11.3 Å². The van der Waals surface area contributed by atoms with E-state index in [4.69, 9.17) is 21.3 Å². The number of carbonyl (C=O) groups excluding carboxylic acids is 1. The number of thiazole rings is 1. The van der Waals surface area contributed by atoms with Gasteiger partial charge >= 0.3 is 11.9 Å². The largest absolute Gasteiger partial charge is 0.481 e. The van der Waals surface area contributed by atoms with Gasteiger partial charge in [-0.3, -0.25) is 14.7 Å². The van der Waals surface area contributed by atoms with Crippen molar-refractivity contribution in [3.8, 4) is 0 Å². The Bertz CT molecular complexity index is 1160. The number of carboxylic acid groups (broad SMARTS) is 1. The molecular formula is C23H24ClFN4O4S2. The number of halogens is 2. The summed E-state index contributed by atoms with van der Waals surface area (Å²) >= 11 is 9.57. The third kappa shape index (κ3) is 6.03. The Labute approximate surface area is 215 Å². The van der Waals surface area contributed by atoms with Crippen molar-refractivity contribution in [2.45, 2.75) is 24.9 Å². The van der Waals surface area contributed by atoms with Crippen molar-refractivity contribution >= 4 is 52.5 Å². The first-order valence-corrected chi connectivity index (χ1v) is 13.3. The van der Waals surface area contributed by atoms with Crippen molar-refractivity contribution < 1.29 is 23.8 Å². The molecule has 0 aliphatic carbocycles. The number of thioether (sulfide) groups is 1. The number of nitrogens with one attached hydrogen (secondary N) is 1. The monoisotopic (exact) mass is 538 g/mol. The van der Waals surface area contributed by atoms with E-state index in [0.29, 0.717) is 35.1 Å². The molecule has 0 unspecified atom stereocenters. The number of nitrogens with zero attached hydrogens (tertiary/aromatic N) is 3. The number of rotatable bonds is 8. The third-order valence-electron chi connectivity index (χ3n) is 5.83. The van der Waals surface area contributed by atoms with E-state index in [-0.39, 0.29) is 23.1 Å². The number of aliphatic imine (C=N–C) groups is 1. The van der Waals surface area contributed by atoms with E-state index in [1.165, 1.54) is 36.6 Å². The van der Waals surface area contributed by atoms with Gasteiger partial charge in [-0.05, 0) is 18.6 Å². The van der Waals surface area contributed by atoms with Gasteiger partial charge in [-0.2, -0.15) is 11.8 Å². The summed E-state index contributed by atoms with van der Waals surface area (Å²) < 4.78 is 18.9. The van der Waals surface area contributed by atoms with Crippen molar-refractivity contribution in [1.29, 1.82) is 0 Å². The number of hydrogen-bond acceptors (Lipinski definition) is 9. The second-order valence-electron chi connectivity index (χ2n) is 8.02. The van der Waals surface area contributed by atoms with Gasteiger partial charge in [0.25, 0.3) is 0 Å². The fourth-order valence-electron chi connectivity index (χ4n) is 4.12. The number of esters is 1. The summed E-state index contributed by atoms with van der Waals surface area (Å²) in [7, 11) is 1.30. The number of amidine groups is 1. The Kier molecular flexibility index (Phi) is 8.42. The second kappa shape index (κ2) is 11.5. The lowest BCUT2D eigenvalue weighted by molar-refractivity contribution is -0.137. The van der Waals surface area contributed by atoms with Crippen LogP contribution in [0.25, 0.3) is 0 Å². The van der Waals surface area contributed by atoms with Gasteiger partial charge in [-0.1, -0.05) is 17.7 Å². The van der Waals surface area contributed by atoms with Gasteiger partial charge in [0.1, 0.15) is 11.9 Å². The Morgan fingerprint density at radius 2 is 2.23 bits per heavy atom. The minimum absolute atomic E-state index is 0.0353. The average Bonchev–Trinajstić information content (AvgIpc) is 3.38. The quantitative estimate of drug-likeness (QED) is 0.490. The molecule has 2 aliphatic heterocycles. The van der Waals surface area contributed by atoms with E-state index in [2.05, 4.69) is 15.2 Å². The van der Waals surface area contributed by atoms with Crippen LogP contribution in [0.15, 0.2) is 46.0 Å². The van der Waals surface area contributed by atoms with E-state index in [1.54, 1.807) is 18.0 Å². The summed E-state index contributed by atoms with van der Waals surface area (Å²) in [5.74, 6) is 0.261. The number of ether oxygens (including phenoxy) is 1. The summed E-state index contributed by atoms with van der Waals surface area (Å²) in [6.07, 6.45) is 2.23. The molecule has 1 saturated heterocycles. The van der Waals surface area contributed by atoms with E-state index in [0.717, 1.165) is 18.1 Å². The minimum atomic E-state index is -0.838. The Morgan fingerprint density at radius 3 is 2.91 bits per heavy atom. The molecule has 12 heteroatoms. The van der Waals surface area contributed by atoms with Crippen molar-refractivity contribution in [3.63, 3.8) is 0 Å². The molecule has 1 fully saturated rings. The number of aliphatic carboxylic acids is 1. The molecule has 3 heterocycles. The molecule has 0 amide bonds. The van der Waals surface area contributed by atoms with Crippen LogP contribution in [0.2, 0.25) is 5.02 Å². The number of methoxy groups -OCH3 is 1. The van der Waals surface area contributed by atoms with Crippen molar-refractivity contribution in [1.82, 2.24) is 15.2 Å². The first-order chi connectivity index (χ1) is 16.9. The summed E-state index contributed by atoms with van der Waals surface area (Å²) in [6, 6.07) is 3.19. The molecule has 2 aromatic rings. The van der Waals surface area contributed by atoms with Crippen LogP contribution in [-0.4, -0.2) is 70.5 Å². The van der Waals surface area contributed by atoms with Crippen LogP contribution >= 0.6 is 34.7 Å². The predicted molar refractivity (Wildman–Crippen MR) is 135 cm³/mol. The number of carbonyl (C=O) groups is 2. The van der Waals surface area contributed by atoms with Crippen LogP contribution in [0.1, 0.15) is 29.5 Å². The first kappa shape index (κ1) is 25.6. The highest BCUT2D eigenvalue weighted by atomic mass is 35.5. The molecule has 186 valence electrons. The van der Waals surface area contributed by atoms with E-state index >= 15 is 0 Å². The SMILES string of the molecule is COC(=O)C1=C(CN2CCSC[C@H]2CCC(=O)O)NC(c2nccs2)=N[C@H]1c1ccc(F)cc1Cl. The lowest BCUT2D eigenvalue weighted by Crippen LogP contribution is -2.47. The maximum Gasteiger partial charge on any atom is 0.338 e. The van der Waals surface area contributed by atoms with Gasteiger partial charge in [-0.25, -0.2) is 14.2 Å². The molecule has 1 aromatic heterocycles. The fourth-order valence-corrected chi connectivity index (χ4v) is 6.16. The molecule has 0 bridgehead atoms. The van der Waals surface area contributed by atoms with Crippen LogP contribution in [-0.2, 0) is 14.3 Å². The van der Waals surface area contributed by atoms with Crippen molar-refractivity contribution in [2.75, 3.05) is 31.7 Å². The standard InChI is InChI=1S/C23H24ClFN4O4S2/c1-33-23(32)19-17(11-29-7-9-34-12-14(29)3-5-18(30)31)27-21(22-26-6-8-35-22)28-20(19)15-4-2-13(25)10-16(15)24/h2,4,6,8,10,14,20H,3,5,7,9,11-12H2,1H3,(H,27,28)(H,30,31)/t14-,20+/m1/s1. The number of benzene rings is 1. The van der Waals surface area contributed by atoms with E-state index < -0.39 is 23.8 Å². The highest BCUT2D eigenvalue weighted by Gasteiger charge is 2.35. The molecule has 0 radical (unpaired) electrons. The molecule has 4 rings (SSSR count). The zero-order chi connectivity index (χ0) is 24.9. The zero-order valence-corrected chi connectivity index (χ0v) is 21.3. The molecule has 0 saturated carbocycles. The summed E-state index contributed by atoms with van der Waals surface area (Å²) in [6.45, 7) is 1.09. The van der Waals surface area contributed by atoms with Crippen LogP contribution in [0.5, 0.6) is 0 Å². The summed E-state index contributed by atoms with van der Waals surface area (Å²) in [5.41, 5.74) is 1.32. The molecule has 35 heavy (non-hydrogen) atoms. The molecule has 2 N–H and O–H groups in total.